The maximum absolute atomic E-state index is 12.7. The third-order valence-electron chi connectivity index (χ3n) is 5.44. The van der Waals surface area contributed by atoms with Crippen LogP contribution in [0.4, 0.5) is 4.79 Å². The van der Waals surface area contributed by atoms with Crippen molar-refractivity contribution in [1.82, 2.24) is 20.4 Å². The maximum Gasteiger partial charge on any atom is 0.322 e. The molecule has 32 heavy (non-hydrogen) atoms. The number of allylic oxidation sites excluding steroid dienone is 1. The Morgan fingerprint density at radius 1 is 1.12 bits per heavy atom. The zero-order valence-electron chi connectivity index (χ0n) is 18.6. The number of nitrogens with one attached hydrogen (secondary N) is 1. The zero-order chi connectivity index (χ0) is 22.7. The number of hydrogen-bond donors (Lipinski definition) is 1. The summed E-state index contributed by atoms with van der Waals surface area (Å²) in [5.74, 6) is 1.69. The first-order valence-corrected chi connectivity index (χ1v) is 11.8. The van der Waals surface area contributed by atoms with Gasteiger partial charge in [0.1, 0.15) is 5.75 Å². The predicted octanol–water partition coefficient (Wildman–Crippen LogP) is 5.37. The Kier molecular flexibility index (Phi) is 6.50. The van der Waals surface area contributed by atoms with E-state index in [9.17, 15) is 4.79 Å². The minimum Gasteiger partial charge on any atom is -0.494 e. The number of amides is 2. The number of ether oxygens (including phenoxy) is 1. The average molecular weight is 451 g/mol. The van der Waals surface area contributed by atoms with Crippen LogP contribution in [-0.2, 0) is 0 Å². The topological polar surface area (TPSA) is 80.5 Å². The molecular formula is C24H26N4O3S. The van der Waals surface area contributed by atoms with Crippen LogP contribution in [0.3, 0.4) is 0 Å². The van der Waals surface area contributed by atoms with Crippen molar-refractivity contribution in [2.45, 2.75) is 31.7 Å². The lowest BCUT2D eigenvalue weighted by Crippen LogP contribution is -2.45. The molecule has 1 atom stereocenters. The number of carbonyl (C=O) groups excluding carboxylic acids is 1. The van der Waals surface area contributed by atoms with Crippen molar-refractivity contribution < 1.29 is 14.1 Å². The summed E-state index contributed by atoms with van der Waals surface area (Å²) in [5, 5.41) is 7.30. The van der Waals surface area contributed by atoms with E-state index in [0.29, 0.717) is 24.9 Å². The van der Waals surface area contributed by atoms with Crippen molar-refractivity contribution in [3.8, 4) is 17.1 Å². The minimum absolute atomic E-state index is 0.153. The van der Waals surface area contributed by atoms with Gasteiger partial charge in [-0.25, -0.2) is 4.79 Å². The Labute approximate surface area is 191 Å². The summed E-state index contributed by atoms with van der Waals surface area (Å²) < 4.78 is 11.3. The standard InChI is InChI=1S/C24H26N4O3S/c1-5-28-15(3)20(21(25-24(28)29)16-7-11-18(12-8-16)30-6-2)23-26-22(27-31-23)17-9-13-19(32-4)14-10-17/h7-14,21H,5-6H2,1-4H3,(H,25,29). The molecule has 7 nitrogen and oxygen atoms in total. The number of aromatic nitrogens is 2. The molecule has 0 saturated carbocycles. The summed E-state index contributed by atoms with van der Waals surface area (Å²) in [5.41, 5.74) is 3.37. The van der Waals surface area contributed by atoms with Crippen LogP contribution in [0, 0.1) is 0 Å². The summed E-state index contributed by atoms with van der Waals surface area (Å²) in [6.07, 6.45) is 2.04. The summed E-state index contributed by atoms with van der Waals surface area (Å²) in [6, 6.07) is 15.2. The highest BCUT2D eigenvalue weighted by Gasteiger charge is 2.35. The van der Waals surface area contributed by atoms with Gasteiger partial charge in [0.15, 0.2) is 0 Å². The molecule has 166 valence electrons. The van der Waals surface area contributed by atoms with Crippen LogP contribution in [0.1, 0.15) is 38.3 Å². The maximum atomic E-state index is 12.7. The second-order valence-corrected chi connectivity index (χ2v) is 8.16. The van der Waals surface area contributed by atoms with Crippen molar-refractivity contribution in [3.05, 3.63) is 65.7 Å². The van der Waals surface area contributed by atoms with Crippen LogP contribution >= 0.6 is 11.8 Å². The Balaban J connectivity index is 1.74. The van der Waals surface area contributed by atoms with E-state index in [1.807, 2.05) is 75.6 Å². The molecule has 1 aliphatic rings. The van der Waals surface area contributed by atoms with Gasteiger partial charge in [-0.3, -0.25) is 4.90 Å². The molecule has 0 bridgehead atoms. The molecular weight excluding hydrogens is 424 g/mol. The molecule has 0 spiro atoms. The van der Waals surface area contributed by atoms with Gasteiger partial charge in [0.2, 0.25) is 5.82 Å². The molecule has 1 N–H and O–H groups in total. The molecule has 0 saturated heterocycles. The molecule has 2 amide bonds. The van der Waals surface area contributed by atoms with E-state index in [-0.39, 0.29) is 6.03 Å². The first kappa shape index (κ1) is 22.0. The molecule has 1 aromatic heterocycles. The van der Waals surface area contributed by atoms with Gasteiger partial charge in [0.05, 0.1) is 18.2 Å². The van der Waals surface area contributed by atoms with E-state index in [4.69, 9.17) is 9.26 Å². The lowest BCUT2D eigenvalue weighted by atomic mass is 9.94. The van der Waals surface area contributed by atoms with Crippen LogP contribution in [-0.4, -0.2) is 40.5 Å². The van der Waals surface area contributed by atoms with Crippen LogP contribution in [0.2, 0.25) is 0 Å². The number of urea groups is 1. The SMILES string of the molecule is CCOc1ccc(C2NC(=O)N(CC)C(C)=C2c2nc(-c3ccc(SC)cc3)no2)cc1. The second-order valence-electron chi connectivity index (χ2n) is 7.28. The normalized spacial score (nSPS) is 16.3. The lowest BCUT2D eigenvalue weighted by Gasteiger charge is -2.34. The molecule has 2 aromatic carbocycles. The van der Waals surface area contributed by atoms with Crippen molar-refractivity contribution in [2.75, 3.05) is 19.4 Å². The number of carbonyl (C=O) groups is 1. The number of benzene rings is 2. The number of hydrogen-bond acceptors (Lipinski definition) is 6. The minimum atomic E-state index is -0.409. The predicted molar refractivity (Wildman–Crippen MR) is 125 cm³/mol. The van der Waals surface area contributed by atoms with Gasteiger partial charge in [-0.2, -0.15) is 4.98 Å². The third kappa shape index (κ3) is 4.23. The van der Waals surface area contributed by atoms with Gasteiger partial charge in [-0.1, -0.05) is 17.3 Å². The first-order valence-electron chi connectivity index (χ1n) is 10.6. The fourth-order valence-electron chi connectivity index (χ4n) is 3.80. The van der Waals surface area contributed by atoms with E-state index in [2.05, 4.69) is 15.5 Å². The second kappa shape index (κ2) is 9.48. The van der Waals surface area contributed by atoms with E-state index < -0.39 is 6.04 Å². The van der Waals surface area contributed by atoms with E-state index in [1.54, 1.807) is 16.7 Å². The molecule has 2 heterocycles. The molecule has 0 radical (unpaired) electrons. The highest BCUT2D eigenvalue weighted by molar-refractivity contribution is 7.98. The summed E-state index contributed by atoms with van der Waals surface area (Å²) in [7, 11) is 0. The molecule has 4 rings (SSSR count). The van der Waals surface area contributed by atoms with Crippen molar-refractivity contribution in [1.29, 1.82) is 0 Å². The van der Waals surface area contributed by atoms with Gasteiger partial charge in [-0.15, -0.1) is 11.8 Å². The quantitative estimate of drug-likeness (QED) is 0.487. The average Bonchev–Trinajstić information content (AvgIpc) is 3.29. The van der Waals surface area contributed by atoms with Gasteiger partial charge < -0.3 is 14.6 Å². The van der Waals surface area contributed by atoms with Crippen molar-refractivity contribution in [3.63, 3.8) is 0 Å². The Morgan fingerprint density at radius 2 is 1.84 bits per heavy atom. The third-order valence-corrected chi connectivity index (χ3v) is 6.19. The smallest absolute Gasteiger partial charge is 0.322 e. The molecule has 1 unspecified atom stereocenters. The van der Waals surface area contributed by atoms with Gasteiger partial charge in [0.25, 0.3) is 5.89 Å². The zero-order valence-corrected chi connectivity index (χ0v) is 19.4. The van der Waals surface area contributed by atoms with Crippen molar-refractivity contribution in [2.24, 2.45) is 0 Å². The Hall–Kier alpha value is -3.26. The molecule has 3 aromatic rings. The van der Waals surface area contributed by atoms with E-state index in [0.717, 1.165) is 28.1 Å². The van der Waals surface area contributed by atoms with Gasteiger partial charge >= 0.3 is 6.03 Å². The summed E-state index contributed by atoms with van der Waals surface area (Å²) in [6.45, 7) is 6.92. The molecule has 1 aliphatic heterocycles. The fraction of sp³-hybridized carbons (Fsp3) is 0.292. The van der Waals surface area contributed by atoms with Crippen molar-refractivity contribution >= 4 is 23.4 Å². The van der Waals surface area contributed by atoms with Gasteiger partial charge in [-0.05, 0) is 69.0 Å². The van der Waals surface area contributed by atoms with Crippen LogP contribution in [0.5, 0.6) is 5.75 Å². The summed E-state index contributed by atoms with van der Waals surface area (Å²) in [4.78, 5) is 20.3. The highest BCUT2D eigenvalue weighted by Crippen LogP contribution is 2.37. The van der Waals surface area contributed by atoms with Crippen LogP contribution in [0.15, 0.2) is 63.6 Å². The Morgan fingerprint density at radius 3 is 2.47 bits per heavy atom. The number of nitrogens with zero attached hydrogens (tertiary/aromatic N) is 3. The van der Waals surface area contributed by atoms with Crippen LogP contribution in [0.25, 0.3) is 17.0 Å². The highest BCUT2D eigenvalue weighted by atomic mass is 32.2. The molecule has 0 aliphatic carbocycles. The van der Waals surface area contributed by atoms with Gasteiger partial charge in [0, 0.05) is 22.7 Å². The first-order chi connectivity index (χ1) is 15.5. The largest absolute Gasteiger partial charge is 0.494 e. The Bertz CT molecular complexity index is 1120. The lowest BCUT2D eigenvalue weighted by molar-refractivity contribution is 0.207. The molecule has 0 fully saturated rings. The molecule has 8 heteroatoms. The van der Waals surface area contributed by atoms with Crippen LogP contribution < -0.4 is 10.1 Å². The number of thioether (sulfide) groups is 1. The number of rotatable bonds is 7. The summed E-state index contributed by atoms with van der Waals surface area (Å²) >= 11 is 1.68. The fourth-order valence-corrected chi connectivity index (χ4v) is 4.21. The monoisotopic (exact) mass is 450 g/mol. The van der Waals surface area contributed by atoms with E-state index >= 15 is 0 Å². The van der Waals surface area contributed by atoms with E-state index in [1.165, 1.54) is 4.90 Å².